The van der Waals surface area contributed by atoms with Crippen molar-refractivity contribution in [3.05, 3.63) is 48.2 Å². The van der Waals surface area contributed by atoms with Gasteiger partial charge in [-0.3, -0.25) is 9.69 Å². The molecule has 2 saturated heterocycles. The zero-order valence-corrected chi connectivity index (χ0v) is 18.5. The van der Waals surface area contributed by atoms with Gasteiger partial charge in [-0.25, -0.2) is 9.59 Å². The number of allylic oxidation sites excluding steroid dienone is 1. The molecule has 0 saturated carbocycles. The Morgan fingerprint density at radius 3 is 2.62 bits per heavy atom. The maximum absolute atomic E-state index is 12.8. The monoisotopic (exact) mass is 446 g/mol. The second-order valence-electron chi connectivity index (χ2n) is 8.01. The molecule has 0 spiro atoms. The minimum Gasteiger partial charge on any atom is -0.457 e. The number of aliphatic hydroxyl groups is 1. The number of carbonyl (C=O) groups excluding carboxylic acids is 3. The van der Waals surface area contributed by atoms with Gasteiger partial charge in [0.05, 0.1) is 37.3 Å². The second kappa shape index (κ2) is 10.1. The lowest BCUT2D eigenvalue weighted by molar-refractivity contribution is -0.162. The highest BCUT2D eigenvalue weighted by Crippen LogP contribution is 2.46. The second-order valence-corrected chi connectivity index (χ2v) is 8.01. The Morgan fingerprint density at radius 2 is 1.97 bits per heavy atom. The number of fused-ring (bicyclic) bond motifs is 1. The molecular weight excluding hydrogens is 416 g/mol. The van der Waals surface area contributed by atoms with E-state index in [1.54, 1.807) is 11.8 Å². The summed E-state index contributed by atoms with van der Waals surface area (Å²) < 4.78 is 16.0. The first-order valence-corrected chi connectivity index (χ1v) is 10.6. The lowest BCUT2D eigenvalue weighted by Crippen LogP contribution is -2.61. The van der Waals surface area contributed by atoms with E-state index in [9.17, 15) is 19.5 Å². The van der Waals surface area contributed by atoms with E-state index in [-0.39, 0.29) is 37.5 Å². The average molecular weight is 447 g/mol. The van der Waals surface area contributed by atoms with Crippen molar-refractivity contribution in [2.45, 2.75) is 38.5 Å². The fourth-order valence-electron chi connectivity index (χ4n) is 4.40. The van der Waals surface area contributed by atoms with Crippen molar-refractivity contribution in [1.82, 2.24) is 9.80 Å². The molecule has 9 nitrogen and oxygen atoms in total. The maximum Gasteiger partial charge on any atom is 0.410 e. The number of β-lactam (4-membered cyclic amide) rings is 1. The zero-order valence-electron chi connectivity index (χ0n) is 18.5. The molecule has 0 aromatic heterocycles. The normalized spacial score (nSPS) is 26.3. The van der Waals surface area contributed by atoms with Gasteiger partial charge in [0.1, 0.15) is 18.9 Å². The Balaban J connectivity index is 1.90. The molecule has 0 unspecified atom stereocenters. The number of morpholine rings is 1. The van der Waals surface area contributed by atoms with Crippen molar-refractivity contribution in [2.75, 3.05) is 33.0 Å². The first-order chi connectivity index (χ1) is 15.3. The molecule has 0 radical (unpaired) electrons. The predicted molar refractivity (Wildman–Crippen MR) is 115 cm³/mol. The molecule has 0 aromatic rings. The highest BCUT2D eigenvalue weighted by atomic mass is 16.6. The number of rotatable bonds is 8. The van der Waals surface area contributed by atoms with E-state index in [4.69, 9.17) is 14.2 Å². The topological polar surface area (TPSA) is 106 Å². The van der Waals surface area contributed by atoms with E-state index < -0.39 is 30.1 Å². The molecular formula is C23H30N2O7. The number of amides is 2. The number of aliphatic hydroxyl groups excluding tert-OH is 1. The molecule has 3 heterocycles. The molecule has 174 valence electrons. The fraction of sp³-hybridized carbons (Fsp3) is 0.522. The zero-order chi connectivity index (χ0) is 23.4. The highest BCUT2D eigenvalue weighted by molar-refractivity contribution is 6.01. The van der Waals surface area contributed by atoms with Crippen LogP contribution in [-0.2, 0) is 23.8 Å². The Morgan fingerprint density at radius 1 is 1.28 bits per heavy atom. The Kier molecular flexibility index (Phi) is 7.52. The summed E-state index contributed by atoms with van der Waals surface area (Å²) in [6, 6.07) is -0.695. The van der Waals surface area contributed by atoms with E-state index in [0.717, 1.165) is 5.57 Å². The third kappa shape index (κ3) is 4.49. The molecule has 0 bridgehead atoms. The van der Waals surface area contributed by atoms with E-state index in [1.165, 1.54) is 17.1 Å². The fourth-order valence-corrected chi connectivity index (χ4v) is 4.40. The molecule has 2 fully saturated rings. The van der Waals surface area contributed by atoms with Crippen LogP contribution < -0.4 is 0 Å². The molecule has 0 aliphatic carbocycles. The van der Waals surface area contributed by atoms with E-state index in [2.05, 4.69) is 13.2 Å². The first kappa shape index (κ1) is 23.7. The highest BCUT2D eigenvalue weighted by Gasteiger charge is 2.57. The molecule has 1 N–H and O–H groups in total. The summed E-state index contributed by atoms with van der Waals surface area (Å²) in [6.07, 6.45) is 3.92. The van der Waals surface area contributed by atoms with Crippen molar-refractivity contribution in [3.8, 4) is 0 Å². The quantitative estimate of drug-likeness (QED) is 0.343. The van der Waals surface area contributed by atoms with E-state index in [0.29, 0.717) is 25.1 Å². The van der Waals surface area contributed by atoms with Gasteiger partial charge in [0.15, 0.2) is 0 Å². The largest absolute Gasteiger partial charge is 0.457 e. The van der Waals surface area contributed by atoms with Crippen LogP contribution in [0.25, 0.3) is 0 Å². The van der Waals surface area contributed by atoms with Crippen LogP contribution in [0.1, 0.15) is 20.3 Å². The van der Waals surface area contributed by atoms with E-state index >= 15 is 0 Å². The van der Waals surface area contributed by atoms with Crippen molar-refractivity contribution in [1.29, 1.82) is 0 Å². The van der Waals surface area contributed by atoms with Gasteiger partial charge in [0, 0.05) is 6.54 Å². The van der Waals surface area contributed by atoms with Crippen molar-refractivity contribution < 1.29 is 33.7 Å². The summed E-state index contributed by atoms with van der Waals surface area (Å²) in [5.74, 6) is -1.48. The predicted octanol–water partition coefficient (Wildman–Crippen LogP) is 1.55. The minimum absolute atomic E-state index is 0.0181. The van der Waals surface area contributed by atoms with Crippen LogP contribution in [0.15, 0.2) is 48.2 Å². The van der Waals surface area contributed by atoms with Crippen LogP contribution in [0, 0.1) is 5.92 Å². The first-order valence-electron chi connectivity index (χ1n) is 10.6. The van der Waals surface area contributed by atoms with Gasteiger partial charge in [0.25, 0.3) is 0 Å². The number of ether oxygens (including phenoxy) is 3. The molecule has 3 rings (SSSR count). The van der Waals surface area contributed by atoms with Crippen molar-refractivity contribution in [3.63, 3.8) is 0 Å². The van der Waals surface area contributed by atoms with Gasteiger partial charge in [-0.2, -0.15) is 0 Å². The molecule has 32 heavy (non-hydrogen) atoms. The Hall–Kier alpha value is -2.91. The summed E-state index contributed by atoms with van der Waals surface area (Å²) >= 11 is 0. The van der Waals surface area contributed by atoms with Crippen LogP contribution in [0.4, 0.5) is 4.79 Å². The molecule has 0 aromatic carbocycles. The van der Waals surface area contributed by atoms with Crippen LogP contribution in [0.3, 0.4) is 0 Å². The summed E-state index contributed by atoms with van der Waals surface area (Å²) in [5.41, 5.74) is 1.58. The number of hydrogen-bond donors (Lipinski definition) is 1. The standard InChI is InChI=1S/C23H30N2O7/c1-5-8-31-22(28)20-17(12-18-19(15(4)26)21(27)25(18)20)14(3)11-16-13-30-10-7-24(16)23(29)32-9-6-2/h5-6,11,15-16,18-19,26H,1-2,7-10,12-13H2,3-4H3/t15-,16-,18-,19-/m1/s1. The minimum atomic E-state index is -0.820. The number of esters is 1. The maximum atomic E-state index is 12.8. The van der Waals surface area contributed by atoms with Crippen molar-refractivity contribution >= 4 is 18.0 Å². The Labute approximate surface area is 187 Å². The number of nitrogens with zero attached hydrogens (tertiary/aromatic N) is 2. The summed E-state index contributed by atoms with van der Waals surface area (Å²) in [7, 11) is 0. The third-order valence-electron chi connectivity index (χ3n) is 5.90. The number of carbonyl (C=O) groups is 3. The van der Waals surface area contributed by atoms with Gasteiger partial charge in [-0.1, -0.05) is 31.4 Å². The number of hydrogen-bond acceptors (Lipinski definition) is 7. The summed E-state index contributed by atoms with van der Waals surface area (Å²) in [6.45, 7) is 11.7. The lowest BCUT2D eigenvalue weighted by Gasteiger charge is -2.44. The molecule has 4 atom stereocenters. The molecule has 2 amide bonds. The van der Waals surface area contributed by atoms with E-state index in [1.807, 2.05) is 13.0 Å². The van der Waals surface area contributed by atoms with Crippen LogP contribution in [0.2, 0.25) is 0 Å². The van der Waals surface area contributed by atoms with Crippen LogP contribution in [0.5, 0.6) is 0 Å². The van der Waals surface area contributed by atoms with Gasteiger partial charge in [-0.05, 0) is 31.4 Å². The van der Waals surface area contributed by atoms with Gasteiger partial charge >= 0.3 is 12.1 Å². The van der Waals surface area contributed by atoms with Crippen LogP contribution >= 0.6 is 0 Å². The van der Waals surface area contributed by atoms with Crippen LogP contribution in [-0.4, -0.2) is 84.0 Å². The Bertz CT molecular complexity index is 860. The van der Waals surface area contributed by atoms with Gasteiger partial charge < -0.3 is 24.2 Å². The smallest absolute Gasteiger partial charge is 0.410 e. The SMILES string of the molecule is C=CCOC(=O)C1=C(C(C)=C[C@@H]2COCCN2C(=O)OCC=C)C[C@@H]2[C@@H]([C@@H](C)O)C(=O)N12. The molecule has 3 aliphatic rings. The molecule has 3 aliphatic heterocycles. The summed E-state index contributed by atoms with van der Waals surface area (Å²) in [5, 5.41) is 10.0. The average Bonchev–Trinajstić information content (AvgIpc) is 3.11. The van der Waals surface area contributed by atoms with Gasteiger partial charge in [-0.15, -0.1) is 0 Å². The third-order valence-corrected chi connectivity index (χ3v) is 5.90. The molecule has 9 heteroatoms. The van der Waals surface area contributed by atoms with Crippen molar-refractivity contribution in [2.24, 2.45) is 5.92 Å². The van der Waals surface area contributed by atoms with Gasteiger partial charge in [0.2, 0.25) is 5.91 Å². The summed E-state index contributed by atoms with van der Waals surface area (Å²) in [4.78, 5) is 40.9. The lowest BCUT2D eigenvalue weighted by atomic mass is 9.82.